The first-order valence-electron chi connectivity index (χ1n) is 6.92. The number of nitrogens with one attached hydrogen (secondary N) is 1. The molecule has 0 heterocycles. The topological polar surface area (TPSA) is 47.9 Å². The van der Waals surface area contributed by atoms with Crippen molar-refractivity contribution in [1.82, 2.24) is 10.2 Å². The SMILES string of the molecule is CCNC(=NCC(C)CO)N(C)Cc1ccccc1Br. The van der Waals surface area contributed by atoms with Crippen LogP contribution >= 0.6 is 15.9 Å². The number of halogens is 1. The van der Waals surface area contributed by atoms with Gasteiger partial charge in [-0.1, -0.05) is 41.1 Å². The largest absolute Gasteiger partial charge is 0.396 e. The van der Waals surface area contributed by atoms with E-state index >= 15 is 0 Å². The standard InChI is InChI=1S/C15H24BrN3O/c1-4-17-15(18-9-12(2)11-20)19(3)10-13-7-5-6-8-14(13)16/h5-8,12,20H,4,9-11H2,1-3H3,(H,17,18). The van der Waals surface area contributed by atoms with Gasteiger partial charge >= 0.3 is 0 Å². The third-order valence-electron chi connectivity index (χ3n) is 2.93. The highest BCUT2D eigenvalue weighted by molar-refractivity contribution is 9.10. The van der Waals surface area contributed by atoms with Crippen LogP contribution in [0, 0.1) is 5.92 Å². The summed E-state index contributed by atoms with van der Waals surface area (Å²) in [5, 5.41) is 12.4. The number of aliphatic imine (C=N–C) groups is 1. The van der Waals surface area contributed by atoms with E-state index in [1.54, 1.807) is 0 Å². The van der Waals surface area contributed by atoms with Crippen LogP contribution in [0.15, 0.2) is 33.7 Å². The average molecular weight is 342 g/mol. The fourth-order valence-corrected chi connectivity index (χ4v) is 2.14. The van der Waals surface area contributed by atoms with Crippen LogP contribution in [-0.2, 0) is 6.54 Å². The Morgan fingerprint density at radius 1 is 1.45 bits per heavy atom. The van der Waals surface area contributed by atoms with Crippen LogP contribution in [0.1, 0.15) is 19.4 Å². The normalized spacial score (nSPS) is 13.2. The van der Waals surface area contributed by atoms with Gasteiger partial charge in [0.2, 0.25) is 0 Å². The quantitative estimate of drug-likeness (QED) is 0.617. The molecule has 0 aliphatic rings. The zero-order valence-electron chi connectivity index (χ0n) is 12.4. The van der Waals surface area contributed by atoms with E-state index in [1.165, 1.54) is 5.56 Å². The summed E-state index contributed by atoms with van der Waals surface area (Å²) in [6.07, 6.45) is 0. The summed E-state index contributed by atoms with van der Waals surface area (Å²) in [6.45, 7) is 6.43. The molecule has 0 fully saturated rings. The molecule has 0 bridgehead atoms. The lowest BCUT2D eigenvalue weighted by atomic mass is 10.2. The Morgan fingerprint density at radius 3 is 2.75 bits per heavy atom. The Labute approximate surface area is 130 Å². The summed E-state index contributed by atoms with van der Waals surface area (Å²) in [4.78, 5) is 6.66. The number of rotatable bonds is 6. The van der Waals surface area contributed by atoms with Crippen LogP contribution in [0.25, 0.3) is 0 Å². The maximum atomic E-state index is 9.08. The van der Waals surface area contributed by atoms with E-state index in [9.17, 15) is 0 Å². The molecule has 1 rings (SSSR count). The first-order chi connectivity index (χ1) is 9.58. The van der Waals surface area contributed by atoms with E-state index in [0.717, 1.165) is 23.5 Å². The van der Waals surface area contributed by atoms with Gasteiger partial charge in [-0.2, -0.15) is 0 Å². The van der Waals surface area contributed by atoms with Gasteiger partial charge in [0.15, 0.2) is 5.96 Å². The third kappa shape index (κ3) is 5.51. The Bertz CT molecular complexity index is 437. The first-order valence-corrected chi connectivity index (χ1v) is 7.71. The highest BCUT2D eigenvalue weighted by Crippen LogP contribution is 2.17. The van der Waals surface area contributed by atoms with Crippen molar-refractivity contribution in [2.45, 2.75) is 20.4 Å². The fraction of sp³-hybridized carbons (Fsp3) is 0.533. The van der Waals surface area contributed by atoms with Gasteiger partial charge in [-0.25, -0.2) is 0 Å². The molecule has 1 aromatic rings. The number of aliphatic hydroxyl groups excluding tert-OH is 1. The second kappa shape index (κ2) is 8.97. The molecule has 1 atom stereocenters. The smallest absolute Gasteiger partial charge is 0.193 e. The minimum Gasteiger partial charge on any atom is -0.396 e. The van der Waals surface area contributed by atoms with Gasteiger partial charge in [0, 0.05) is 37.8 Å². The van der Waals surface area contributed by atoms with Crippen molar-refractivity contribution in [3.05, 3.63) is 34.3 Å². The lowest BCUT2D eigenvalue weighted by Gasteiger charge is -2.23. The summed E-state index contributed by atoms with van der Waals surface area (Å²) in [5.74, 6) is 1.05. The molecule has 0 saturated heterocycles. The second-order valence-corrected chi connectivity index (χ2v) is 5.78. The van der Waals surface area contributed by atoms with Crippen molar-refractivity contribution in [2.24, 2.45) is 10.9 Å². The molecule has 1 aromatic carbocycles. The van der Waals surface area contributed by atoms with Crippen LogP contribution in [0.4, 0.5) is 0 Å². The van der Waals surface area contributed by atoms with E-state index in [-0.39, 0.29) is 12.5 Å². The zero-order chi connectivity index (χ0) is 15.0. The molecule has 0 spiro atoms. The molecule has 0 amide bonds. The fourth-order valence-electron chi connectivity index (χ4n) is 1.73. The summed E-state index contributed by atoms with van der Waals surface area (Å²) in [7, 11) is 2.02. The first kappa shape index (κ1) is 17.0. The van der Waals surface area contributed by atoms with E-state index in [1.807, 2.05) is 32.2 Å². The Hall–Kier alpha value is -1.07. The van der Waals surface area contributed by atoms with E-state index in [2.05, 4.69) is 44.1 Å². The maximum Gasteiger partial charge on any atom is 0.193 e. The minimum atomic E-state index is 0.164. The Balaban J connectivity index is 2.73. The van der Waals surface area contributed by atoms with E-state index in [0.29, 0.717) is 6.54 Å². The number of guanidine groups is 1. The monoisotopic (exact) mass is 341 g/mol. The van der Waals surface area contributed by atoms with Gasteiger partial charge in [-0.15, -0.1) is 0 Å². The second-order valence-electron chi connectivity index (χ2n) is 4.93. The average Bonchev–Trinajstić information content (AvgIpc) is 2.45. The van der Waals surface area contributed by atoms with Crippen molar-refractivity contribution < 1.29 is 5.11 Å². The van der Waals surface area contributed by atoms with Gasteiger partial charge in [0.05, 0.1) is 0 Å². The summed E-state index contributed by atoms with van der Waals surface area (Å²) >= 11 is 3.57. The van der Waals surface area contributed by atoms with Crippen LogP contribution in [0.3, 0.4) is 0 Å². The highest BCUT2D eigenvalue weighted by Gasteiger charge is 2.09. The van der Waals surface area contributed by atoms with Gasteiger partial charge in [0.25, 0.3) is 0 Å². The summed E-state index contributed by atoms with van der Waals surface area (Å²) in [5.41, 5.74) is 1.22. The number of benzene rings is 1. The number of nitrogens with zero attached hydrogens (tertiary/aromatic N) is 2. The van der Waals surface area contributed by atoms with Crippen molar-refractivity contribution >= 4 is 21.9 Å². The number of hydrogen-bond donors (Lipinski definition) is 2. The molecule has 5 heteroatoms. The number of aliphatic hydroxyl groups is 1. The highest BCUT2D eigenvalue weighted by atomic mass is 79.9. The molecule has 2 N–H and O–H groups in total. The van der Waals surface area contributed by atoms with Gasteiger partial charge < -0.3 is 15.3 Å². The zero-order valence-corrected chi connectivity index (χ0v) is 14.0. The van der Waals surface area contributed by atoms with Crippen molar-refractivity contribution in [3.8, 4) is 0 Å². The minimum absolute atomic E-state index is 0.164. The molecule has 0 aliphatic heterocycles. The molecule has 0 aliphatic carbocycles. The lowest BCUT2D eigenvalue weighted by Crippen LogP contribution is -2.39. The molecule has 112 valence electrons. The van der Waals surface area contributed by atoms with Crippen LogP contribution in [0.5, 0.6) is 0 Å². The molecule has 0 radical (unpaired) electrons. The predicted octanol–water partition coefficient (Wildman–Crippen LogP) is 2.47. The molecular formula is C15H24BrN3O. The van der Waals surface area contributed by atoms with E-state index < -0.39 is 0 Å². The van der Waals surface area contributed by atoms with Crippen LogP contribution in [0.2, 0.25) is 0 Å². The van der Waals surface area contributed by atoms with Crippen molar-refractivity contribution in [1.29, 1.82) is 0 Å². The molecule has 0 aromatic heterocycles. The van der Waals surface area contributed by atoms with Gasteiger partial charge in [0.1, 0.15) is 0 Å². The molecule has 4 nitrogen and oxygen atoms in total. The molecule has 1 unspecified atom stereocenters. The van der Waals surface area contributed by atoms with Crippen LogP contribution in [-0.4, -0.2) is 42.7 Å². The number of hydrogen-bond acceptors (Lipinski definition) is 2. The van der Waals surface area contributed by atoms with Crippen LogP contribution < -0.4 is 5.32 Å². The molecule has 0 saturated carbocycles. The molecular weight excluding hydrogens is 318 g/mol. The lowest BCUT2D eigenvalue weighted by molar-refractivity contribution is 0.241. The van der Waals surface area contributed by atoms with Crippen molar-refractivity contribution in [2.75, 3.05) is 26.7 Å². The maximum absolute atomic E-state index is 9.08. The Morgan fingerprint density at radius 2 is 2.15 bits per heavy atom. The predicted molar refractivity (Wildman–Crippen MR) is 87.8 cm³/mol. The van der Waals surface area contributed by atoms with Crippen molar-refractivity contribution in [3.63, 3.8) is 0 Å². The molecule has 20 heavy (non-hydrogen) atoms. The summed E-state index contributed by atoms with van der Waals surface area (Å²) < 4.78 is 1.10. The van der Waals surface area contributed by atoms with Gasteiger partial charge in [-0.05, 0) is 24.5 Å². The summed E-state index contributed by atoms with van der Waals surface area (Å²) in [6, 6.07) is 8.18. The third-order valence-corrected chi connectivity index (χ3v) is 3.70. The Kier molecular flexibility index (Phi) is 7.62. The van der Waals surface area contributed by atoms with E-state index in [4.69, 9.17) is 5.11 Å². The van der Waals surface area contributed by atoms with Gasteiger partial charge in [-0.3, -0.25) is 4.99 Å².